The Morgan fingerprint density at radius 2 is 2.37 bits per heavy atom. The van der Waals surface area contributed by atoms with E-state index < -0.39 is 0 Å². The monoisotopic (exact) mass is 279 g/mol. The van der Waals surface area contributed by atoms with Crippen LogP contribution in [0.5, 0.6) is 5.88 Å². The lowest BCUT2D eigenvalue weighted by Crippen LogP contribution is -2.39. The Bertz CT molecular complexity index is 551. The Hall–Kier alpha value is -1.07. The van der Waals surface area contributed by atoms with Crippen molar-refractivity contribution < 1.29 is 4.74 Å². The van der Waals surface area contributed by atoms with Crippen molar-refractivity contribution in [2.75, 3.05) is 13.7 Å². The molecule has 1 N–H and O–H groups in total. The quantitative estimate of drug-likeness (QED) is 0.883. The lowest BCUT2D eigenvalue weighted by atomic mass is 9.67. The van der Waals surface area contributed by atoms with E-state index >= 15 is 0 Å². The fraction of sp³-hybridized carbons (Fsp3) is 0.643. The third-order valence-corrected chi connectivity index (χ3v) is 5.23. The first-order chi connectivity index (χ1) is 9.28. The predicted octanol–water partition coefficient (Wildman–Crippen LogP) is 3.07. The number of fused-ring (bicyclic) bond motifs is 1. The summed E-state index contributed by atoms with van der Waals surface area (Å²) < 4.78 is 7.49. The molecule has 0 aliphatic heterocycles. The average Bonchev–Trinajstić information content (AvgIpc) is 2.94. The number of ether oxygens (including phenoxy) is 1. The third kappa shape index (κ3) is 2.25. The van der Waals surface area contributed by atoms with Crippen molar-refractivity contribution in [2.45, 2.75) is 39.2 Å². The zero-order valence-electron chi connectivity index (χ0n) is 11.6. The smallest absolute Gasteiger partial charge is 0.237 e. The van der Waals surface area contributed by atoms with Gasteiger partial charge in [-0.25, -0.2) is 0 Å². The summed E-state index contributed by atoms with van der Waals surface area (Å²) >= 11 is 1.64. The van der Waals surface area contributed by atoms with Gasteiger partial charge in [0.2, 0.25) is 5.88 Å². The maximum atomic E-state index is 5.37. The molecule has 0 radical (unpaired) electrons. The fourth-order valence-electron chi connectivity index (χ4n) is 2.92. The van der Waals surface area contributed by atoms with Crippen LogP contribution in [0.4, 0.5) is 0 Å². The summed E-state index contributed by atoms with van der Waals surface area (Å²) in [6, 6.07) is 0. The number of rotatable bonds is 6. The van der Waals surface area contributed by atoms with Gasteiger partial charge in [-0.05, 0) is 24.7 Å². The van der Waals surface area contributed by atoms with E-state index in [2.05, 4.69) is 33.2 Å². The molecule has 104 valence electrons. The number of nitrogens with zero attached hydrogens (tertiary/aromatic N) is 2. The van der Waals surface area contributed by atoms with E-state index in [4.69, 9.17) is 4.74 Å². The number of hydrogen-bond donors (Lipinski definition) is 1. The van der Waals surface area contributed by atoms with Crippen molar-refractivity contribution in [3.05, 3.63) is 17.3 Å². The van der Waals surface area contributed by atoms with E-state index in [1.807, 2.05) is 0 Å². The topological polar surface area (TPSA) is 38.6 Å². The number of thiazole rings is 1. The minimum absolute atomic E-state index is 0.547. The molecule has 1 fully saturated rings. The molecule has 5 heteroatoms. The van der Waals surface area contributed by atoms with Gasteiger partial charge in [0.1, 0.15) is 5.69 Å². The summed E-state index contributed by atoms with van der Waals surface area (Å²) in [5.74, 6) is 0.749. The second kappa shape index (κ2) is 5.13. The van der Waals surface area contributed by atoms with Crippen LogP contribution in [0.1, 0.15) is 38.3 Å². The molecule has 4 nitrogen and oxygen atoms in total. The number of nitrogens with one attached hydrogen (secondary N) is 1. The van der Waals surface area contributed by atoms with Crippen molar-refractivity contribution in [1.29, 1.82) is 0 Å². The predicted molar refractivity (Wildman–Crippen MR) is 77.9 cm³/mol. The number of methoxy groups -OCH3 is 1. The Labute approximate surface area is 117 Å². The van der Waals surface area contributed by atoms with Gasteiger partial charge in [0.05, 0.1) is 7.11 Å². The van der Waals surface area contributed by atoms with Gasteiger partial charge >= 0.3 is 0 Å². The van der Waals surface area contributed by atoms with Gasteiger partial charge in [-0.1, -0.05) is 13.3 Å². The van der Waals surface area contributed by atoms with Crippen molar-refractivity contribution in [2.24, 2.45) is 5.41 Å². The molecular formula is C14H21N3OS. The highest BCUT2D eigenvalue weighted by molar-refractivity contribution is 7.15. The van der Waals surface area contributed by atoms with Gasteiger partial charge in [-0.3, -0.25) is 4.40 Å². The van der Waals surface area contributed by atoms with Crippen LogP contribution in [-0.2, 0) is 6.54 Å². The molecular weight excluding hydrogens is 258 g/mol. The summed E-state index contributed by atoms with van der Waals surface area (Å²) in [7, 11) is 1.69. The van der Waals surface area contributed by atoms with Crippen LogP contribution in [0.25, 0.3) is 4.96 Å². The maximum Gasteiger partial charge on any atom is 0.237 e. The normalized spacial score (nSPS) is 17.6. The van der Waals surface area contributed by atoms with Gasteiger partial charge in [-0.2, -0.15) is 4.98 Å². The SMILES string of the molecule is CCC1(CNCc2c(OC)nc3sccn23)CCC1. The molecule has 3 rings (SSSR count). The van der Waals surface area contributed by atoms with E-state index in [-0.39, 0.29) is 0 Å². The number of imidazole rings is 1. The first-order valence-electron chi connectivity index (χ1n) is 6.97. The van der Waals surface area contributed by atoms with Crippen LogP contribution in [-0.4, -0.2) is 23.0 Å². The van der Waals surface area contributed by atoms with Crippen LogP contribution in [0.15, 0.2) is 11.6 Å². The highest BCUT2D eigenvalue weighted by Crippen LogP contribution is 2.43. The Kier molecular flexibility index (Phi) is 3.50. The molecule has 0 spiro atoms. The van der Waals surface area contributed by atoms with E-state index in [1.54, 1.807) is 18.4 Å². The molecule has 0 atom stereocenters. The van der Waals surface area contributed by atoms with Crippen molar-refractivity contribution in [1.82, 2.24) is 14.7 Å². The highest BCUT2D eigenvalue weighted by Gasteiger charge is 2.34. The molecule has 0 bridgehead atoms. The van der Waals surface area contributed by atoms with Crippen molar-refractivity contribution in [3.8, 4) is 5.88 Å². The zero-order chi connectivity index (χ0) is 13.3. The first-order valence-corrected chi connectivity index (χ1v) is 7.85. The minimum atomic E-state index is 0.547. The summed E-state index contributed by atoms with van der Waals surface area (Å²) in [5, 5.41) is 5.66. The summed E-state index contributed by atoms with van der Waals surface area (Å²) in [6.45, 7) is 4.23. The third-order valence-electron chi connectivity index (χ3n) is 4.47. The van der Waals surface area contributed by atoms with Crippen LogP contribution >= 0.6 is 11.3 Å². The van der Waals surface area contributed by atoms with E-state index in [0.29, 0.717) is 5.41 Å². The summed E-state index contributed by atoms with van der Waals surface area (Å²) in [4.78, 5) is 5.48. The Morgan fingerprint density at radius 1 is 1.53 bits per heavy atom. The Balaban J connectivity index is 1.69. The van der Waals surface area contributed by atoms with Gasteiger partial charge in [0, 0.05) is 24.7 Å². The maximum absolute atomic E-state index is 5.37. The standard InChI is InChI=1S/C14H21N3OS/c1-3-14(5-4-6-14)10-15-9-11-12(18-2)16-13-17(11)7-8-19-13/h7-8,15H,3-6,9-10H2,1-2H3. The van der Waals surface area contributed by atoms with Crippen LogP contribution in [0.2, 0.25) is 0 Å². The zero-order valence-corrected chi connectivity index (χ0v) is 12.4. The first kappa shape index (κ1) is 12.9. The minimum Gasteiger partial charge on any atom is -0.480 e. The van der Waals surface area contributed by atoms with Crippen LogP contribution in [0.3, 0.4) is 0 Å². The lowest BCUT2D eigenvalue weighted by Gasteiger charge is -2.41. The van der Waals surface area contributed by atoms with Gasteiger partial charge in [0.15, 0.2) is 4.96 Å². The van der Waals surface area contributed by atoms with Crippen molar-refractivity contribution in [3.63, 3.8) is 0 Å². The van der Waals surface area contributed by atoms with E-state index in [9.17, 15) is 0 Å². The number of aromatic nitrogens is 2. The lowest BCUT2D eigenvalue weighted by molar-refractivity contribution is 0.123. The molecule has 2 heterocycles. The second-order valence-corrected chi connectivity index (χ2v) is 6.31. The number of hydrogen-bond acceptors (Lipinski definition) is 4. The summed E-state index contributed by atoms with van der Waals surface area (Å²) in [5.41, 5.74) is 1.68. The average molecular weight is 279 g/mol. The molecule has 0 saturated heterocycles. The second-order valence-electron chi connectivity index (χ2n) is 5.43. The fourth-order valence-corrected chi connectivity index (χ4v) is 3.64. The molecule has 19 heavy (non-hydrogen) atoms. The van der Waals surface area contributed by atoms with Gasteiger partial charge < -0.3 is 10.1 Å². The largest absolute Gasteiger partial charge is 0.480 e. The van der Waals surface area contributed by atoms with E-state index in [1.165, 1.54) is 25.7 Å². The Morgan fingerprint density at radius 3 is 3.00 bits per heavy atom. The van der Waals surface area contributed by atoms with Crippen LogP contribution < -0.4 is 10.1 Å². The summed E-state index contributed by atoms with van der Waals surface area (Å²) in [6.07, 6.45) is 7.46. The molecule has 2 aromatic heterocycles. The molecule has 1 aliphatic rings. The molecule has 0 amide bonds. The molecule has 1 saturated carbocycles. The molecule has 0 aromatic carbocycles. The molecule has 2 aromatic rings. The molecule has 1 aliphatic carbocycles. The highest BCUT2D eigenvalue weighted by atomic mass is 32.1. The van der Waals surface area contributed by atoms with Gasteiger partial charge in [-0.15, -0.1) is 11.3 Å². The van der Waals surface area contributed by atoms with Gasteiger partial charge in [0.25, 0.3) is 0 Å². The van der Waals surface area contributed by atoms with Crippen molar-refractivity contribution >= 4 is 16.3 Å². The van der Waals surface area contributed by atoms with Crippen LogP contribution in [0, 0.1) is 5.41 Å². The van der Waals surface area contributed by atoms with E-state index in [0.717, 1.165) is 29.6 Å². The molecule has 0 unspecified atom stereocenters.